The summed E-state index contributed by atoms with van der Waals surface area (Å²) in [5, 5.41) is 8.83. The normalized spacial score (nSPS) is 41.0. The summed E-state index contributed by atoms with van der Waals surface area (Å²) in [4.78, 5) is 12.8. The van der Waals surface area contributed by atoms with Crippen molar-refractivity contribution in [2.45, 2.75) is 17.8 Å². The molecular weight excluding hydrogens is 180 g/mol. The smallest absolute Gasteiger partial charge is 0.318 e. The number of urea groups is 1. The number of halogens is 1. The van der Waals surface area contributed by atoms with Gasteiger partial charge in [0.05, 0.1) is 6.04 Å². The SMILES string of the molecule is CN1C(=O)NC2NC(Cl)NCC21. The zero-order valence-electron chi connectivity index (χ0n) is 6.67. The van der Waals surface area contributed by atoms with Crippen LogP contribution < -0.4 is 16.0 Å². The third-order valence-corrected chi connectivity index (χ3v) is 2.59. The minimum absolute atomic E-state index is 0.0220. The molecule has 0 aromatic heterocycles. The van der Waals surface area contributed by atoms with Gasteiger partial charge in [0.1, 0.15) is 11.8 Å². The number of carbonyl (C=O) groups excluding carboxylic acids is 1. The summed E-state index contributed by atoms with van der Waals surface area (Å²) < 4.78 is 0. The van der Waals surface area contributed by atoms with Crippen molar-refractivity contribution >= 4 is 17.6 Å². The second kappa shape index (κ2) is 2.76. The van der Waals surface area contributed by atoms with Gasteiger partial charge in [-0.3, -0.25) is 10.6 Å². The molecule has 0 bridgehead atoms. The van der Waals surface area contributed by atoms with Gasteiger partial charge in [-0.15, -0.1) is 0 Å². The first-order valence-electron chi connectivity index (χ1n) is 3.85. The van der Waals surface area contributed by atoms with Crippen molar-refractivity contribution in [1.82, 2.24) is 20.9 Å². The van der Waals surface area contributed by atoms with Crippen LogP contribution in [0.1, 0.15) is 0 Å². The highest BCUT2D eigenvalue weighted by atomic mass is 35.5. The third-order valence-electron chi connectivity index (χ3n) is 2.31. The quantitative estimate of drug-likeness (QED) is 0.341. The Morgan fingerprint density at radius 1 is 1.67 bits per heavy atom. The molecule has 68 valence electrons. The number of rotatable bonds is 0. The first kappa shape index (κ1) is 8.10. The number of nitrogens with zero attached hydrogens (tertiary/aromatic N) is 1. The largest absolute Gasteiger partial charge is 0.320 e. The van der Waals surface area contributed by atoms with E-state index >= 15 is 0 Å². The minimum Gasteiger partial charge on any atom is -0.320 e. The molecule has 2 fully saturated rings. The molecule has 0 aromatic rings. The molecule has 2 heterocycles. The van der Waals surface area contributed by atoms with Gasteiger partial charge < -0.3 is 10.2 Å². The molecule has 2 rings (SSSR count). The van der Waals surface area contributed by atoms with Crippen molar-refractivity contribution in [2.24, 2.45) is 0 Å². The van der Waals surface area contributed by atoms with Crippen LogP contribution in [-0.4, -0.2) is 42.4 Å². The highest BCUT2D eigenvalue weighted by Crippen LogP contribution is 2.13. The Balaban J connectivity index is 2.09. The van der Waals surface area contributed by atoms with Gasteiger partial charge in [0.25, 0.3) is 0 Å². The summed E-state index contributed by atoms with van der Waals surface area (Å²) in [7, 11) is 1.78. The number of hydrogen-bond acceptors (Lipinski definition) is 3. The molecular formula is C6H11ClN4O. The first-order chi connectivity index (χ1) is 5.68. The molecule has 2 amide bonds. The second-order valence-corrected chi connectivity index (χ2v) is 3.48. The van der Waals surface area contributed by atoms with Crippen molar-refractivity contribution in [3.05, 3.63) is 0 Å². The maximum absolute atomic E-state index is 11.2. The van der Waals surface area contributed by atoms with Crippen LogP contribution in [0.15, 0.2) is 0 Å². The standard InChI is InChI=1S/C6H11ClN4O/c1-11-3-2-8-5(7)9-4(3)10-6(11)12/h3-5,8-9H,2H2,1H3,(H,10,12). The number of amides is 2. The van der Waals surface area contributed by atoms with E-state index in [1.807, 2.05) is 0 Å². The maximum atomic E-state index is 11.2. The summed E-state index contributed by atoms with van der Waals surface area (Å²) in [6.07, 6.45) is -0.0220. The van der Waals surface area contributed by atoms with Crippen LogP contribution in [0.2, 0.25) is 0 Å². The third kappa shape index (κ3) is 1.14. The average Bonchev–Trinajstić information content (AvgIpc) is 2.28. The molecule has 6 heteroatoms. The van der Waals surface area contributed by atoms with Crippen molar-refractivity contribution in [3.63, 3.8) is 0 Å². The lowest BCUT2D eigenvalue weighted by Gasteiger charge is -2.32. The Hall–Kier alpha value is -0.520. The predicted molar refractivity (Wildman–Crippen MR) is 44.7 cm³/mol. The fourth-order valence-electron chi connectivity index (χ4n) is 1.55. The molecule has 2 saturated heterocycles. The van der Waals surface area contributed by atoms with Crippen molar-refractivity contribution in [1.29, 1.82) is 0 Å². The van der Waals surface area contributed by atoms with Crippen molar-refractivity contribution in [3.8, 4) is 0 Å². The summed E-state index contributed by atoms with van der Waals surface area (Å²) in [6, 6.07) is 0.109. The zero-order chi connectivity index (χ0) is 8.72. The summed E-state index contributed by atoms with van der Waals surface area (Å²) >= 11 is 5.79. The first-order valence-corrected chi connectivity index (χ1v) is 4.29. The van der Waals surface area contributed by atoms with Gasteiger partial charge in [-0.2, -0.15) is 0 Å². The number of likely N-dealkylation sites (N-methyl/N-ethyl adjacent to an activating group) is 1. The number of nitrogens with one attached hydrogen (secondary N) is 3. The number of hydrogen-bond donors (Lipinski definition) is 3. The van der Waals surface area contributed by atoms with Crippen LogP contribution in [0.4, 0.5) is 4.79 Å². The van der Waals surface area contributed by atoms with E-state index in [-0.39, 0.29) is 23.9 Å². The molecule has 3 unspecified atom stereocenters. The van der Waals surface area contributed by atoms with Crippen LogP contribution in [-0.2, 0) is 0 Å². The Morgan fingerprint density at radius 2 is 2.42 bits per heavy atom. The monoisotopic (exact) mass is 190 g/mol. The lowest BCUT2D eigenvalue weighted by Crippen LogP contribution is -2.62. The molecule has 12 heavy (non-hydrogen) atoms. The minimum atomic E-state index is -0.252. The van der Waals surface area contributed by atoms with Crippen LogP contribution in [0, 0.1) is 0 Å². The molecule has 0 saturated carbocycles. The molecule has 5 nitrogen and oxygen atoms in total. The van der Waals surface area contributed by atoms with Gasteiger partial charge >= 0.3 is 6.03 Å². The molecule has 2 aliphatic heterocycles. The zero-order valence-corrected chi connectivity index (χ0v) is 7.43. The van der Waals surface area contributed by atoms with Crippen LogP contribution in [0.3, 0.4) is 0 Å². The van der Waals surface area contributed by atoms with Gasteiger partial charge in [-0.25, -0.2) is 4.79 Å². The molecule has 3 atom stereocenters. The van der Waals surface area contributed by atoms with E-state index in [0.29, 0.717) is 0 Å². The Morgan fingerprint density at radius 3 is 3.17 bits per heavy atom. The van der Waals surface area contributed by atoms with E-state index in [2.05, 4.69) is 16.0 Å². The molecule has 3 N–H and O–H groups in total. The van der Waals surface area contributed by atoms with E-state index in [1.165, 1.54) is 0 Å². The van der Waals surface area contributed by atoms with Gasteiger partial charge in [0.15, 0.2) is 0 Å². The highest BCUT2D eigenvalue weighted by molar-refractivity contribution is 6.20. The van der Waals surface area contributed by atoms with Crippen molar-refractivity contribution in [2.75, 3.05) is 13.6 Å². The molecule has 0 aliphatic carbocycles. The lowest BCUT2D eigenvalue weighted by molar-refractivity contribution is 0.205. The maximum Gasteiger partial charge on any atom is 0.318 e. The van der Waals surface area contributed by atoms with E-state index < -0.39 is 0 Å². The van der Waals surface area contributed by atoms with Crippen LogP contribution in [0.25, 0.3) is 0 Å². The average molecular weight is 191 g/mol. The van der Waals surface area contributed by atoms with Crippen molar-refractivity contribution < 1.29 is 4.79 Å². The van der Waals surface area contributed by atoms with Gasteiger partial charge in [-0.05, 0) is 0 Å². The molecule has 2 aliphatic rings. The number of carbonyl (C=O) groups is 1. The number of fused-ring (bicyclic) bond motifs is 1. The van der Waals surface area contributed by atoms with Crippen LogP contribution in [0.5, 0.6) is 0 Å². The Kier molecular flexibility index (Phi) is 1.86. The number of alkyl halides is 1. The predicted octanol–water partition coefficient (Wildman–Crippen LogP) is -0.949. The lowest BCUT2D eigenvalue weighted by atomic mass is 10.2. The van der Waals surface area contributed by atoms with E-state index in [9.17, 15) is 4.79 Å². The summed E-state index contributed by atoms with van der Waals surface area (Å²) in [6.45, 7) is 0.723. The fraction of sp³-hybridized carbons (Fsp3) is 0.833. The highest BCUT2D eigenvalue weighted by Gasteiger charge is 2.40. The van der Waals surface area contributed by atoms with Gasteiger partial charge in [-0.1, -0.05) is 11.6 Å². The van der Waals surface area contributed by atoms with Gasteiger partial charge in [0.2, 0.25) is 0 Å². The topological polar surface area (TPSA) is 56.4 Å². The van der Waals surface area contributed by atoms with E-state index in [1.54, 1.807) is 11.9 Å². The Labute approximate surface area is 75.4 Å². The molecule has 0 aromatic carbocycles. The summed E-state index contributed by atoms with van der Waals surface area (Å²) in [5.74, 6) is 0. The second-order valence-electron chi connectivity index (χ2n) is 3.04. The van der Waals surface area contributed by atoms with Gasteiger partial charge in [0, 0.05) is 13.6 Å². The fourth-order valence-corrected chi connectivity index (χ4v) is 1.78. The summed E-state index contributed by atoms with van der Waals surface area (Å²) in [5.41, 5.74) is -0.252. The van der Waals surface area contributed by atoms with E-state index in [4.69, 9.17) is 11.6 Å². The van der Waals surface area contributed by atoms with Crippen LogP contribution >= 0.6 is 11.6 Å². The molecule has 0 radical (unpaired) electrons. The Bertz CT molecular complexity index is 212. The van der Waals surface area contributed by atoms with E-state index in [0.717, 1.165) is 6.54 Å². The molecule has 0 spiro atoms.